The fraction of sp³-hybridized carbons (Fsp3) is 0.235. The molecule has 3 heteroatoms. The topological polar surface area (TPSA) is 35.8 Å². The highest BCUT2D eigenvalue weighted by molar-refractivity contribution is 6.30. The molecule has 20 heavy (non-hydrogen) atoms. The summed E-state index contributed by atoms with van der Waals surface area (Å²) >= 11 is 6.04. The summed E-state index contributed by atoms with van der Waals surface area (Å²) in [4.78, 5) is 0. The molecule has 0 aromatic heterocycles. The van der Waals surface area contributed by atoms with E-state index >= 15 is 0 Å². The lowest BCUT2D eigenvalue weighted by atomic mass is 10.1. The van der Waals surface area contributed by atoms with E-state index in [9.17, 15) is 5.26 Å². The van der Waals surface area contributed by atoms with Gasteiger partial charge in [-0.1, -0.05) is 29.8 Å². The Morgan fingerprint density at radius 3 is 2.80 bits per heavy atom. The Morgan fingerprint density at radius 2 is 2.00 bits per heavy atom. The van der Waals surface area contributed by atoms with Gasteiger partial charge in [0.05, 0.1) is 11.3 Å². The summed E-state index contributed by atoms with van der Waals surface area (Å²) in [7, 11) is 0. The van der Waals surface area contributed by atoms with Gasteiger partial charge in [0.1, 0.15) is 6.07 Å². The molecule has 100 valence electrons. The van der Waals surface area contributed by atoms with Crippen molar-refractivity contribution in [1.82, 2.24) is 0 Å². The van der Waals surface area contributed by atoms with Crippen LogP contribution in [0.2, 0.25) is 5.02 Å². The second-order valence-electron chi connectivity index (χ2n) is 5.27. The van der Waals surface area contributed by atoms with Crippen LogP contribution >= 0.6 is 11.6 Å². The van der Waals surface area contributed by atoms with Crippen molar-refractivity contribution >= 4 is 17.3 Å². The quantitative estimate of drug-likeness (QED) is 0.900. The van der Waals surface area contributed by atoms with Gasteiger partial charge in [-0.15, -0.1) is 0 Å². The molecule has 0 spiro atoms. The van der Waals surface area contributed by atoms with Crippen LogP contribution in [0.5, 0.6) is 0 Å². The number of nitrogens with one attached hydrogen (secondary N) is 1. The van der Waals surface area contributed by atoms with Gasteiger partial charge in [0, 0.05) is 11.1 Å². The Bertz CT molecular complexity index is 701. The molecule has 2 nitrogen and oxygen atoms in total. The van der Waals surface area contributed by atoms with Crippen LogP contribution in [0.15, 0.2) is 36.4 Å². The standard InChI is InChI=1S/C17H15ClN2/c1-11-3-2-4-17(16(11)10-19)20-15-8-12-5-6-14(18)7-13(12)9-15/h2-7,15,20H,8-9H2,1H3. The van der Waals surface area contributed by atoms with Gasteiger partial charge in [0.2, 0.25) is 0 Å². The monoisotopic (exact) mass is 282 g/mol. The highest BCUT2D eigenvalue weighted by Gasteiger charge is 2.22. The first-order valence-electron chi connectivity index (χ1n) is 6.71. The highest BCUT2D eigenvalue weighted by atomic mass is 35.5. The van der Waals surface area contributed by atoms with Crippen molar-refractivity contribution in [3.63, 3.8) is 0 Å². The van der Waals surface area contributed by atoms with Gasteiger partial charge in [0.15, 0.2) is 0 Å². The molecule has 0 fully saturated rings. The molecule has 0 amide bonds. The van der Waals surface area contributed by atoms with Crippen molar-refractivity contribution < 1.29 is 0 Å². The summed E-state index contributed by atoms with van der Waals surface area (Å²) in [5.41, 5.74) is 5.33. The van der Waals surface area contributed by atoms with E-state index in [1.54, 1.807) is 0 Å². The van der Waals surface area contributed by atoms with Gasteiger partial charge in [-0.3, -0.25) is 0 Å². The second-order valence-corrected chi connectivity index (χ2v) is 5.71. The number of hydrogen-bond donors (Lipinski definition) is 1. The number of halogens is 1. The molecule has 1 aliphatic carbocycles. The molecule has 0 radical (unpaired) electrons. The molecule has 0 aliphatic heterocycles. The fourth-order valence-electron chi connectivity index (χ4n) is 2.85. The molecule has 1 atom stereocenters. The van der Waals surface area contributed by atoms with Gasteiger partial charge in [0.25, 0.3) is 0 Å². The van der Waals surface area contributed by atoms with Gasteiger partial charge in [-0.25, -0.2) is 0 Å². The molecule has 3 rings (SSSR count). The maximum absolute atomic E-state index is 9.28. The number of rotatable bonds is 2. The molecule has 0 saturated carbocycles. The van der Waals surface area contributed by atoms with Crippen LogP contribution in [0.25, 0.3) is 0 Å². The largest absolute Gasteiger partial charge is 0.381 e. The summed E-state index contributed by atoms with van der Waals surface area (Å²) in [6.07, 6.45) is 1.93. The summed E-state index contributed by atoms with van der Waals surface area (Å²) in [5, 5.41) is 13.6. The number of hydrogen-bond acceptors (Lipinski definition) is 2. The summed E-state index contributed by atoms with van der Waals surface area (Å²) in [6, 6.07) is 14.6. The van der Waals surface area contributed by atoms with Crippen LogP contribution in [-0.2, 0) is 12.8 Å². The Balaban J connectivity index is 1.82. The Morgan fingerprint density at radius 1 is 1.20 bits per heavy atom. The van der Waals surface area contributed by atoms with E-state index in [1.807, 2.05) is 37.3 Å². The number of benzene rings is 2. The third-order valence-electron chi connectivity index (χ3n) is 3.85. The number of nitriles is 1. The van der Waals surface area contributed by atoms with Crippen molar-refractivity contribution in [2.45, 2.75) is 25.8 Å². The smallest absolute Gasteiger partial charge is 0.102 e. The predicted octanol–water partition coefficient (Wildman–Crippen LogP) is 4.10. The van der Waals surface area contributed by atoms with Crippen molar-refractivity contribution in [3.8, 4) is 6.07 Å². The SMILES string of the molecule is Cc1cccc(NC2Cc3ccc(Cl)cc3C2)c1C#N. The first kappa shape index (κ1) is 13.0. The van der Waals surface area contributed by atoms with Gasteiger partial charge >= 0.3 is 0 Å². The average Bonchev–Trinajstić information content (AvgIpc) is 2.80. The van der Waals surface area contributed by atoms with Crippen LogP contribution in [0.1, 0.15) is 22.3 Å². The fourth-order valence-corrected chi connectivity index (χ4v) is 3.04. The van der Waals surface area contributed by atoms with E-state index in [1.165, 1.54) is 11.1 Å². The third-order valence-corrected chi connectivity index (χ3v) is 4.08. The Kier molecular flexibility index (Phi) is 3.38. The molecule has 0 saturated heterocycles. The Hall–Kier alpha value is -1.98. The minimum Gasteiger partial charge on any atom is -0.381 e. The van der Waals surface area contributed by atoms with Crippen molar-refractivity contribution in [3.05, 3.63) is 63.7 Å². The predicted molar refractivity (Wildman–Crippen MR) is 82.2 cm³/mol. The molecule has 0 bridgehead atoms. The molecule has 1 unspecified atom stereocenters. The second kappa shape index (κ2) is 5.19. The zero-order valence-corrected chi connectivity index (χ0v) is 12.0. The summed E-state index contributed by atoms with van der Waals surface area (Å²) in [6.45, 7) is 1.97. The lowest BCUT2D eigenvalue weighted by molar-refractivity contribution is 0.774. The lowest BCUT2D eigenvalue weighted by Crippen LogP contribution is -2.20. The highest BCUT2D eigenvalue weighted by Crippen LogP contribution is 2.28. The first-order chi connectivity index (χ1) is 9.67. The van der Waals surface area contributed by atoms with Crippen LogP contribution in [0.4, 0.5) is 5.69 Å². The molecular weight excluding hydrogens is 268 g/mol. The number of fused-ring (bicyclic) bond motifs is 1. The summed E-state index contributed by atoms with van der Waals surface area (Å²) < 4.78 is 0. The average molecular weight is 283 g/mol. The van der Waals surface area contributed by atoms with E-state index < -0.39 is 0 Å². The zero-order chi connectivity index (χ0) is 14.1. The molecule has 2 aromatic carbocycles. The van der Waals surface area contributed by atoms with Crippen LogP contribution in [0, 0.1) is 18.3 Å². The maximum atomic E-state index is 9.28. The van der Waals surface area contributed by atoms with Crippen LogP contribution in [0.3, 0.4) is 0 Å². The minimum atomic E-state index is 0.331. The van der Waals surface area contributed by atoms with Gasteiger partial charge < -0.3 is 5.32 Å². The maximum Gasteiger partial charge on any atom is 0.102 e. The third kappa shape index (κ3) is 2.37. The molecule has 2 aromatic rings. The molecule has 1 aliphatic rings. The van der Waals surface area contributed by atoms with E-state index in [0.717, 1.165) is 34.7 Å². The number of anilines is 1. The van der Waals surface area contributed by atoms with E-state index in [0.29, 0.717) is 6.04 Å². The van der Waals surface area contributed by atoms with E-state index in [-0.39, 0.29) is 0 Å². The lowest BCUT2D eigenvalue weighted by Gasteiger charge is -2.15. The van der Waals surface area contributed by atoms with Crippen molar-refractivity contribution in [2.75, 3.05) is 5.32 Å². The molecule has 0 heterocycles. The summed E-state index contributed by atoms with van der Waals surface area (Å²) in [5.74, 6) is 0. The minimum absolute atomic E-state index is 0.331. The number of aryl methyl sites for hydroxylation is 1. The zero-order valence-electron chi connectivity index (χ0n) is 11.3. The van der Waals surface area contributed by atoms with Gasteiger partial charge in [-0.05, 0) is 54.7 Å². The first-order valence-corrected chi connectivity index (χ1v) is 7.08. The van der Waals surface area contributed by atoms with E-state index in [4.69, 9.17) is 11.6 Å². The van der Waals surface area contributed by atoms with Crippen LogP contribution in [-0.4, -0.2) is 6.04 Å². The molecule has 1 N–H and O–H groups in total. The Labute approximate surface area is 124 Å². The van der Waals surface area contributed by atoms with Gasteiger partial charge in [-0.2, -0.15) is 5.26 Å². The van der Waals surface area contributed by atoms with Crippen molar-refractivity contribution in [2.24, 2.45) is 0 Å². The normalized spacial score (nSPS) is 16.6. The molecular formula is C17H15ClN2. The van der Waals surface area contributed by atoms with E-state index in [2.05, 4.69) is 17.5 Å². The van der Waals surface area contributed by atoms with Crippen molar-refractivity contribution in [1.29, 1.82) is 5.26 Å². The van der Waals surface area contributed by atoms with Crippen LogP contribution < -0.4 is 5.32 Å². The number of nitrogens with zero attached hydrogens (tertiary/aromatic N) is 1.